The highest BCUT2D eigenvalue weighted by molar-refractivity contribution is 7.00. The van der Waals surface area contributed by atoms with Crippen molar-refractivity contribution in [2.24, 2.45) is 0 Å². The minimum absolute atomic E-state index is 0.00107. The summed E-state index contributed by atoms with van der Waals surface area (Å²) in [6, 6.07) is 38.0. The zero-order valence-corrected chi connectivity index (χ0v) is 47.7. The summed E-state index contributed by atoms with van der Waals surface area (Å²) in [4.78, 5) is 8.75. The van der Waals surface area contributed by atoms with E-state index >= 15 is 0 Å². The first-order valence-corrected chi connectivity index (χ1v) is 28.5. The highest BCUT2D eigenvalue weighted by Crippen LogP contribution is 2.66. The van der Waals surface area contributed by atoms with E-state index in [4.69, 9.17) is 0 Å². The zero-order valence-electron chi connectivity index (χ0n) is 47.7. The topological polar surface area (TPSA) is 9.72 Å². The van der Waals surface area contributed by atoms with Crippen LogP contribution in [-0.2, 0) is 32.5 Å². The molecular formula is C69H82BN3. The van der Waals surface area contributed by atoms with Crippen molar-refractivity contribution >= 4 is 62.9 Å². The molecule has 4 heterocycles. The third kappa shape index (κ3) is 5.91. The lowest BCUT2D eigenvalue weighted by molar-refractivity contribution is 0.194. The molecule has 3 nitrogen and oxygen atoms in total. The average molecular weight is 964 g/mol. The van der Waals surface area contributed by atoms with E-state index in [1.165, 1.54) is 158 Å². The van der Waals surface area contributed by atoms with Crippen molar-refractivity contribution in [2.45, 2.75) is 213 Å². The van der Waals surface area contributed by atoms with Gasteiger partial charge in [0.15, 0.2) is 0 Å². The molecule has 2 saturated carbocycles. The van der Waals surface area contributed by atoms with E-state index in [0.29, 0.717) is 0 Å². The molecule has 0 saturated heterocycles. The van der Waals surface area contributed by atoms with Crippen LogP contribution in [0.2, 0.25) is 0 Å². The van der Waals surface area contributed by atoms with Crippen LogP contribution < -0.4 is 31.1 Å². The van der Waals surface area contributed by atoms with Gasteiger partial charge in [-0.05, 0) is 165 Å². The Hall–Kier alpha value is -5.22. The average Bonchev–Trinajstić information content (AvgIpc) is 3.83. The van der Waals surface area contributed by atoms with E-state index in [9.17, 15) is 0 Å². The standard InChI is InChI=1S/C69H82BN3/c1-41-34-44(63(6,7)8)35-42(2)59(41)71-55-39-46(72-54-29-26-43(62(3,4)5)36-50(54)66(14)30-20-22-32-68(66,72)16)40-56-58(55)70(52-28-27-48-47-24-18-19-25-49(47)65(12,13)57(48)61(52)71)53-38-45(64(9,10)11)37-51-60(53)73(56)69(17)33-23-21-31-67(51,69)15/h18-19,24-29,34-40H,20-23,30-33H2,1-17H3. The Kier molecular flexibility index (Phi) is 9.49. The lowest BCUT2D eigenvalue weighted by Gasteiger charge is -2.54. The fraction of sp³-hybridized carbons (Fsp3) is 0.478. The molecule has 376 valence electrons. The molecule has 6 aromatic carbocycles. The number of anilines is 7. The summed E-state index contributed by atoms with van der Waals surface area (Å²) in [5.74, 6) is 0. The molecule has 4 unspecified atom stereocenters. The van der Waals surface area contributed by atoms with Gasteiger partial charge in [0.2, 0.25) is 0 Å². The normalized spacial score (nSPS) is 25.9. The molecule has 0 radical (unpaired) electrons. The summed E-state index contributed by atoms with van der Waals surface area (Å²) in [5.41, 5.74) is 29.6. The molecule has 4 aliphatic heterocycles. The Balaban J connectivity index is 1.21. The number of hydrogen-bond acceptors (Lipinski definition) is 3. The SMILES string of the molecule is Cc1cc(C(C)(C)C)cc(C)c1N1c2cc(N3c4ccc(C(C)(C)C)cc4C4(C)CCCCC34C)cc3c2B(c2ccc4c(c21)C(C)(C)c1ccccc1-4)c1cc(C(C)(C)C)cc2c1N3C1(C)CCCCC21C. The monoisotopic (exact) mass is 964 g/mol. The van der Waals surface area contributed by atoms with E-state index in [2.05, 4.69) is 223 Å². The largest absolute Gasteiger partial charge is 0.335 e. The lowest BCUT2D eigenvalue weighted by Crippen LogP contribution is -2.65. The summed E-state index contributed by atoms with van der Waals surface area (Å²) in [7, 11) is 0. The van der Waals surface area contributed by atoms with E-state index in [-0.39, 0.29) is 50.3 Å². The molecule has 0 spiro atoms. The second kappa shape index (κ2) is 14.6. The maximum absolute atomic E-state index is 2.99. The molecule has 0 amide bonds. The molecule has 2 fully saturated rings. The first-order valence-electron chi connectivity index (χ1n) is 28.5. The molecule has 6 aromatic rings. The third-order valence-corrected chi connectivity index (χ3v) is 21.4. The highest BCUT2D eigenvalue weighted by Gasteiger charge is 2.63. The zero-order chi connectivity index (χ0) is 51.7. The molecule has 3 aliphatic carbocycles. The van der Waals surface area contributed by atoms with Crippen LogP contribution in [-0.4, -0.2) is 17.8 Å². The predicted octanol–water partition coefficient (Wildman–Crippen LogP) is 16.6. The first-order chi connectivity index (χ1) is 34.2. The number of benzene rings is 6. The Bertz CT molecular complexity index is 3380. The maximum Gasteiger partial charge on any atom is 0.252 e. The van der Waals surface area contributed by atoms with E-state index < -0.39 is 0 Å². The second-order valence-electron chi connectivity index (χ2n) is 29.0. The summed E-state index contributed by atoms with van der Waals surface area (Å²) in [6.07, 6.45) is 9.80. The van der Waals surface area contributed by atoms with Gasteiger partial charge in [0, 0.05) is 50.4 Å². The number of rotatable bonds is 2. The lowest BCUT2D eigenvalue weighted by atomic mass is 9.33. The fourth-order valence-corrected chi connectivity index (χ4v) is 16.8. The van der Waals surface area contributed by atoms with Gasteiger partial charge in [-0.25, -0.2) is 0 Å². The summed E-state index contributed by atoms with van der Waals surface area (Å²) >= 11 is 0. The van der Waals surface area contributed by atoms with Crippen LogP contribution in [0.4, 0.5) is 39.8 Å². The van der Waals surface area contributed by atoms with Gasteiger partial charge < -0.3 is 14.7 Å². The van der Waals surface area contributed by atoms with Gasteiger partial charge >= 0.3 is 0 Å². The Morgan fingerprint density at radius 3 is 1.66 bits per heavy atom. The molecule has 73 heavy (non-hydrogen) atoms. The smallest absolute Gasteiger partial charge is 0.252 e. The van der Waals surface area contributed by atoms with Crippen molar-refractivity contribution in [3.8, 4) is 11.1 Å². The molecule has 0 bridgehead atoms. The van der Waals surface area contributed by atoms with Gasteiger partial charge in [-0.15, -0.1) is 0 Å². The molecule has 0 N–H and O–H groups in total. The van der Waals surface area contributed by atoms with Gasteiger partial charge in [0.05, 0.1) is 16.8 Å². The van der Waals surface area contributed by atoms with Crippen LogP contribution in [0.3, 0.4) is 0 Å². The number of hydrogen-bond donors (Lipinski definition) is 0. The van der Waals surface area contributed by atoms with Crippen molar-refractivity contribution in [2.75, 3.05) is 14.7 Å². The molecule has 13 rings (SSSR count). The number of nitrogens with zero attached hydrogens (tertiary/aromatic N) is 3. The van der Waals surface area contributed by atoms with Gasteiger partial charge in [-0.1, -0.05) is 188 Å². The van der Waals surface area contributed by atoms with Crippen LogP contribution in [0.25, 0.3) is 11.1 Å². The third-order valence-electron chi connectivity index (χ3n) is 21.4. The molecule has 7 aliphatic rings. The highest BCUT2D eigenvalue weighted by atomic mass is 15.3. The van der Waals surface area contributed by atoms with Gasteiger partial charge in [0.1, 0.15) is 0 Å². The van der Waals surface area contributed by atoms with Crippen molar-refractivity contribution in [3.63, 3.8) is 0 Å². The quantitative estimate of drug-likeness (QED) is 0.160. The van der Waals surface area contributed by atoms with E-state index in [1.807, 2.05) is 0 Å². The minimum atomic E-state index is -0.234. The summed E-state index contributed by atoms with van der Waals surface area (Å²) < 4.78 is 0. The summed E-state index contributed by atoms with van der Waals surface area (Å²) in [5, 5.41) is 0. The van der Waals surface area contributed by atoms with Crippen molar-refractivity contribution in [1.29, 1.82) is 0 Å². The van der Waals surface area contributed by atoms with Crippen molar-refractivity contribution < 1.29 is 0 Å². The van der Waals surface area contributed by atoms with Crippen LogP contribution in [0, 0.1) is 13.8 Å². The molecule has 4 atom stereocenters. The van der Waals surface area contributed by atoms with Crippen LogP contribution in [0.1, 0.15) is 205 Å². The van der Waals surface area contributed by atoms with Crippen LogP contribution in [0.15, 0.2) is 91.0 Å². The second-order valence-corrected chi connectivity index (χ2v) is 29.0. The molecule has 0 aromatic heterocycles. The van der Waals surface area contributed by atoms with Gasteiger partial charge in [-0.3, -0.25) is 0 Å². The van der Waals surface area contributed by atoms with Gasteiger partial charge in [-0.2, -0.15) is 0 Å². The number of fused-ring (bicyclic) bond motifs is 14. The fourth-order valence-electron chi connectivity index (χ4n) is 16.8. The minimum Gasteiger partial charge on any atom is -0.335 e. The van der Waals surface area contributed by atoms with Gasteiger partial charge in [0.25, 0.3) is 6.71 Å². The first kappa shape index (κ1) is 47.5. The van der Waals surface area contributed by atoms with Crippen LogP contribution in [0.5, 0.6) is 0 Å². The summed E-state index contributed by atoms with van der Waals surface area (Å²) in [6.45, 7) is 42.1. The Labute approximate surface area is 440 Å². The Morgan fingerprint density at radius 2 is 1.01 bits per heavy atom. The van der Waals surface area contributed by atoms with E-state index in [1.54, 1.807) is 11.1 Å². The van der Waals surface area contributed by atoms with E-state index in [0.717, 1.165) is 0 Å². The number of aryl methyl sites for hydroxylation is 2. The predicted molar refractivity (Wildman–Crippen MR) is 315 cm³/mol. The molecule has 4 heteroatoms. The Morgan fingerprint density at radius 1 is 0.452 bits per heavy atom. The van der Waals surface area contributed by atoms with Crippen molar-refractivity contribution in [1.82, 2.24) is 0 Å². The maximum atomic E-state index is 2.99. The van der Waals surface area contributed by atoms with Crippen molar-refractivity contribution in [3.05, 3.63) is 141 Å². The van der Waals surface area contributed by atoms with Crippen LogP contribution >= 0.6 is 0 Å². The molecular weight excluding hydrogens is 882 g/mol.